The molecule has 0 rings (SSSR count). The van der Waals surface area contributed by atoms with E-state index in [2.05, 4.69) is 67.7 Å². The molecule has 0 heterocycles. The Morgan fingerprint density at radius 2 is 1.23 bits per heavy atom. The average Bonchev–Trinajstić information content (AvgIpc) is 2.64. The van der Waals surface area contributed by atoms with Crippen molar-refractivity contribution in [3.05, 3.63) is 60.8 Å². The maximum atomic E-state index is 11.6. The summed E-state index contributed by atoms with van der Waals surface area (Å²) in [6.45, 7) is 4.34. The van der Waals surface area contributed by atoms with Crippen molar-refractivity contribution in [2.75, 3.05) is 13.7 Å². The SMILES string of the molecule is CCC=CCC=CCC=CCC=CCC=CCCC(OC)C(=O)OCC. The summed E-state index contributed by atoms with van der Waals surface area (Å²) in [6, 6.07) is 0. The molecular weight excluding hydrogens is 324 g/mol. The number of hydrogen-bond acceptors (Lipinski definition) is 3. The molecule has 0 saturated carbocycles. The fourth-order valence-corrected chi connectivity index (χ4v) is 2.18. The van der Waals surface area contributed by atoms with Gasteiger partial charge in [-0.05, 0) is 51.9 Å². The predicted molar refractivity (Wildman–Crippen MR) is 111 cm³/mol. The summed E-state index contributed by atoms with van der Waals surface area (Å²) < 4.78 is 10.1. The highest BCUT2D eigenvalue weighted by Gasteiger charge is 2.17. The minimum Gasteiger partial charge on any atom is -0.464 e. The number of rotatable bonds is 15. The molecule has 0 saturated heterocycles. The van der Waals surface area contributed by atoms with Crippen LogP contribution < -0.4 is 0 Å². The second-order valence-electron chi connectivity index (χ2n) is 5.76. The fraction of sp³-hybridized carbons (Fsp3) is 0.522. The van der Waals surface area contributed by atoms with Gasteiger partial charge in [-0.15, -0.1) is 0 Å². The van der Waals surface area contributed by atoms with E-state index in [1.54, 1.807) is 14.0 Å². The van der Waals surface area contributed by atoms with Crippen LogP contribution in [0, 0.1) is 0 Å². The van der Waals surface area contributed by atoms with E-state index < -0.39 is 6.10 Å². The predicted octanol–water partition coefficient (Wildman–Crippen LogP) is 6.10. The lowest BCUT2D eigenvalue weighted by molar-refractivity contribution is -0.155. The van der Waals surface area contributed by atoms with Crippen LogP contribution in [0.2, 0.25) is 0 Å². The van der Waals surface area contributed by atoms with Crippen LogP contribution in [0.5, 0.6) is 0 Å². The van der Waals surface area contributed by atoms with E-state index in [0.29, 0.717) is 13.0 Å². The highest BCUT2D eigenvalue weighted by Crippen LogP contribution is 2.05. The highest BCUT2D eigenvalue weighted by molar-refractivity contribution is 5.74. The number of hydrogen-bond donors (Lipinski definition) is 0. The van der Waals surface area contributed by atoms with E-state index in [1.807, 2.05) is 0 Å². The van der Waals surface area contributed by atoms with Crippen molar-refractivity contribution in [3.63, 3.8) is 0 Å². The minimum atomic E-state index is -0.461. The molecule has 3 nitrogen and oxygen atoms in total. The Labute approximate surface area is 160 Å². The van der Waals surface area contributed by atoms with Gasteiger partial charge in [0.2, 0.25) is 0 Å². The van der Waals surface area contributed by atoms with E-state index >= 15 is 0 Å². The normalized spacial score (nSPS) is 13.8. The van der Waals surface area contributed by atoms with Gasteiger partial charge in [0.05, 0.1) is 6.61 Å². The van der Waals surface area contributed by atoms with Crippen molar-refractivity contribution in [1.29, 1.82) is 0 Å². The smallest absolute Gasteiger partial charge is 0.335 e. The summed E-state index contributed by atoms with van der Waals surface area (Å²) in [4.78, 5) is 11.6. The lowest BCUT2D eigenvalue weighted by Gasteiger charge is -2.12. The fourth-order valence-electron chi connectivity index (χ4n) is 2.18. The van der Waals surface area contributed by atoms with Crippen molar-refractivity contribution in [2.24, 2.45) is 0 Å². The molecule has 0 amide bonds. The zero-order valence-electron chi connectivity index (χ0n) is 16.7. The van der Waals surface area contributed by atoms with Crippen LogP contribution in [0.4, 0.5) is 0 Å². The quantitative estimate of drug-likeness (QED) is 0.262. The van der Waals surface area contributed by atoms with Gasteiger partial charge in [-0.3, -0.25) is 0 Å². The first-order chi connectivity index (χ1) is 12.8. The molecule has 1 atom stereocenters. The molecule has 26 heavy (non-hydrogen) atoms. The summed E-state index contributed by atoms with van der Waals surface area (Å²) in [5.41, 5.74) is 0. The Balaban J connectivity index is 3.70. The number of carbonyl (C=O) groups is 1. The Morgan fingerprint density at radius 1 is 0.769 bits per heavy atom. The molecule has 0 N–H and O–H groups in total. The monoisotopic (exact) mass is 360 g/mol. The molecule has 0 fully saturated rings. The molecule has 0 aromatic heterocycles. The minimum absolute atomic E-state index is 0.276. The standard InChI is InChI=1S/C23H36O3/c1-4-6-7-8-9-10-11-12-13-14-15-16-17-18-19-20-21-22(25-3)23(24)26-5-2/h6-7,9-10,12-13,15-16,18-19,22H,4-5,8,11,14,17,20-21H2,1-3H3. The molecule has 146 valence electrons. The van der Waals surface area contributed by atoms with E-state index in [1.165, 1.54) is 0 Å². The van der Waals surface area contributed by atoms with Crippen LogP contribution in [0.15, 0.2) is 60.8 Å². The van der Waals surface area contributed by atoms with Gasteiger partial charge in [0.25, 0.3) is 0 Å². The summed E-state index contributed by atoms with van der Waals surface area (Å²) in [5, 5.41) is 0. The molecule has 3 heteroatoms. The Kier molecular flexibility index (Phi) is 18.1. The molecule has 0 spiro atoms. The number of allylic oxidation sites excluding steroid dienone is 10. The number of carbonyl (C=O) groups excluding carboxylic acids is 1. The van der Waals surface area contributed by atoms with Crippen LogP contribution in [0.3, 0.4) is 0 Å². The van der Waals surface area contributed by atoms with E-state index in [4.69, 9.17) is 9.47 Å². The number of ether oxygens (including phenoxy) is 2. The van der Waals surface area contributed by atoms with Gasteiger partial charge >= 0.3 is 5.97 Å². The van der Waals surface area contributed by atoms with Crippen LogP contribution in [-0.2, 0) is 14.3 Å². The molecule has 1 unspecified atom stereocenters. The van der Waals surface area contributed by atoms with Crippen LogP contribution in [0.25, 0.3) is 0 Å². The molecule has 0 aromatic rings. The van der Waals surface area contributed by atoms with Gasteiger partial charge in [-0.1, -0.05) is 67.7 Å². The zero-order chi connectivity index (χ0) is 19.3. The summed E-state index contributed by atoms with van der Waals surface area (Å²) in [6.07, 6.45) is 27.7. The number of methoxy groups -OCH3 is 1. The van der Waals surface area contributed by atoms with Crippen molar-refractivity contribution in [2.45, 2.75) is 64.9 Å². The van der Waals surface area contributed by atoms with Gasteiger partial charge in [0, 0.05) is 7.11 Å². The molecule has 0 bridgehead atoms. The second-order valence-corrected chi connectivity index (χ2v) is 5.76. The second kappa shape index (κ2) is 19.5. The van der Waals surface area contributed by atoms with E-state index in [0.717, 1.165) is 38.5 Å². The Hall–Kier alpha value is -1.87. The third-order valence-corrected chi connectivity index (χ3v) is 3.59. The number of esters is 1. The maximum absolute atomic E-state index is 11.6. The highest BCUT2D eigenvalue weighted by atomic mass is 16.6. The molecule has 0 aromatic carbocycles. The molecule has 0 radical (unpaired) electrons. The van der Waals surface area contributed by atoms with Gasteiger partial charge < -0.3 is 9.47 Å². The molecule has 0 aliphatic carbocycles. The molecule has 0 aliphatic heterocycles. The molecule has 0 aliphatic rings. The van der Waals surface area contributed by atoms with Gasteiger partial charge in [-0.2, -0.15) is 0 Å². The summed E-state index contributed by atoms with van der Waals surface area (Å²) >= 11 is 0. The van der Waals surface area contributed by atoms with Crippen LogP contribution >= 0.6 is 0 Å². The first kappa shape index (κ1) is 24.1. The summed E-state index contributed by atoms with van der Waals surface area (Å²) in [5.74, 6) is -0.276. The van der Waals surface area contributed by atoms with Crippen LogP contribution in [0.1, 0.15) is 58.8 Å². The molecular formula is C23H36O3. The van der Waals surface area contributed by atoms with Gasteiger partial charge in [0.15, 0.2) is 6.10 Å². The first-order valence-electron chi connectivity index (χ1n) is 9.70. The van der Waals surface area contributed by atoms with Crippen molar-refractivity contribution in [3.8, 4) is 0 Å². The van der Waals surface area contributed by atoms with Crippen molar-refractivity contribution < 1.29 is 14.3 Å². The van der Waals surface area contributed by atoms with Crippen molar-refractivity contribution in [1.82, 2.24) is 0 Å². The van der Waals surface area contributed by atoms with E-state index in [-0.39, 0.29) is 5.97 Å². The van der Waals surface area contributed by atoms with Gasteiger partial charge in [0.1, 0.15) is 0 Å². The summed E-state index contributed by atoms with van der Waals surface area (Å²) in [7, 11) is 1.54. The lowest BCUT2D eigenvalue weighted by Crippen LogP contribution is -2.25. The largest absolute Gasteiger partial charge is 0.464 e. The Bertz CT molecular complexity index is 470. The average molecular weight is 361 g/mol. The zero-order valence-corrected chi connectivity index (χ0v) is 16.7. The van der Waals surface area contributed by atoms with E-state index in [9.17, 15) is 4.79 Å². The van der Waals surface area contributed by atoms with Crippen LogP contribution in [-0.4, -0.2) is 25.8 Å². The topological polar surface area (TPSA) is 35.5 Å². The third-order valence-electron chi connectivity index (χ3n) is 3.59. The Morgan fingerprint density at radius 3 is 1.65 bits per heavy atom. The lowest BCUT2D eigenvalue weighted by atomic mass is 10.2. The maximum Gasteiger partial charge on any atom is 0.335 e. The third kappa shape index (κ3) is 15.6. The van der Waals surface area contributed by atoms with Gasteiger partial charge in [-0.25, -0.2) is 4.79 Å². The van der Waals surface area contributed by atoms with Crippen molar-refractivity contribution >= 4 is 5.97 Å². The first-order valence-corrected chi connectivity index (χ1v) is 9.70.